The summed E-state index contributed by atoms with van der Waals surface area (Å²) >= 11 is 0. The fourth-order valence-electron chi connectivity index (χ4n) is 5.08. The van der Waals surface area contributed by atoms with Gasteiger partial charge in [-0.3, -0.25) is 4.79 Å². The summed E-state index contributed by atoms with van der Waals surface area (Å²) in [5.41, 5.74) is 4.73. The van der Waals surface area contributed by atoms with Crippen molar-refractivity contribution in [2.24, 2.45) is 0 Å². The van der Waals surface area contributed by atoms with E-state index in [4.69, 9.17) is 5.10 Å². The average molecular weight is 494 g/mol. The first kappa shape index (κ1) is 23.6. The number of benzene rings is 2. The van der Waals surface area contributed by atoms with Crippen LogP contribution in [0.4, 0.5) is 5.69 Å². The zero-order chi connectivity index (χ0) is 24.6. The van der Waals surface area contributed by atoms with Gasteiger partial charge in [-0.25, -0.2) is 13.1 Å². The molecule has 3 heterocycles. The van der Waals surface area contributed by atoms with Crippen molar-refractivity contribution in [3.8, 4) is 5.69 Å². The van der Waals surface area contributed by atoms with Crippen LogP contribution >= 0.6 is 0 Å². The molecule has 2 aliphatic rings. The lowest BCUT2D eigenvalue weighted by Gasteiger charge is -2.36. The predicted octanol–water partition coefficient (Wildman–Crippen LogP) is 3.24. The maximum atomic E-state index is 13.1. The molecule has 2 aromatic carbocycles. The Morgan fingerprint density at radius 3 is 2.09 bits per heavy atom. The van der Waals surface area contributed by atoms with Crippen molar-refractivity contribution in [1.82, 2.24) is 19.0 Å². The molecule has 35 heavy (non-hydrogen) atoms. The Morgan fingerprint density at radius 2 is 1.46 bits per heavy atom. The van der Waals surface area contributed by atoms with Crippen molar-refractivity contribution in [3.05, 3.63) is 71.5 Å². The Hall–Kier alpha value is -3.17. The van der Waals surface area contributed by atoms with Gasteiger partial charge in [-0.05, 0) is 63.1 Å². The highest BCUT2D eigenvalue weighted by Gasteiger charge is 2.29. The lowest BCUT2D eigenvalue weighted by atomic mass is 10.1. The molecule has 2 saturated heterocycles. The highest BCUT2D eigenvalue weighted by Crippen LogP contribution is 2.28. The molecule has 0 bridgehead atoms. The van der Waals surface area contributed by atoms with E-state index >= 15 is 0 Å². The molecule has 2 aliphatic heterocycles. The summed E-state index contributed by atoms with van der Waals surface area (Å²) in [6.45, 7) is 7.87. The van der Waals surface area contributed by atoms with Crippen molar-refractivity contribution in [3.63, 3.8) is 0 Å². The first-order chi connectivity index (χ1) is 16.9. The number of hydrogen-bond donors (Lipinski definition) is 0. The number of sulfonamides is 1. The zero-order valence-corrected chi connectivity index (χ0v) is 21.0. The molecule has 0 radical (unpaired) electrons. The number of nitrogens with zero attached hydrogens (tertiary/aromatic N) is 5. The van der Waals surface area contributed by atoms with Gasteiger partial charge in [0.25, 0.3) is 5.91 Å². The van der Waals surface area contributed by atoms with Crippen LogP contribution < -0.4 is 4.90 Å². The highest BCUT2D eigenvalue weighted by atomic mass is 32.2. The first-order valence-electron chi connectivity index (χ1n) is 12.1. The van der Waals surface area contributed by atoms with E-state index in [1.165, 1.54) is 4.31 Å². The van der Waals surface area contributed by atoms with E-state index in [1.54, 1.807) is 24.3 Å². The van der Waals surface area contributed by atoms with E-state index in [-0.39, 0.29) is 10.8 Å². The molecule has 1 aromatic heterocycles. The quantitative estimate of drug-likeness (QED) is 0.545. The third-order valence-corrected chi connectivity index (χ3v) is 8.85. The molecular formula is C26H31N5O3S. The van der Waals surface area contributed by atoms with Gasteiger partial charge >= 0.3 is 0 Å². The number of aryl methyl sites for hydroxylation is 1. The Bertz CT molecular complexity index is 1310. The molecule has 184 valence electrons. The molecule has 2 fully saturated rings. The summed E-state index contributed by atoms with van der Waals surface area (Å²) in [4.78, 5) is 17.5. The molecule has 1 amide bonds. The van der Waals surface area contributed by atoms with Crippen LogP contribution in [0.5, 0.6) is 0 Å². The Labute approximate surface area is 206 Å². The number of amides is 1. The smallest absolute Gasteiger partial charge is 0.253 e. The van der Waals surface area contributed by atoms with Gasteiger partial charge in [0.15, 0.2) is 0 Å². The third kappa shape index (κ3) is 4.46. The van der Waals surface area contributed by atoms with Crippen LogP contribution in [-0.2, 0) is 10.0 Å². The molecule has 0 spiro atoms. The molecular weight excluding hydrogens is 462 g/mol. The highest BCUT2D eigenvalue weighted by molar-refractivity contribution is 7.89. The minimum atomic E-state index is -3.48. The summed E-state index contributed by atoms with van der Waals surface area (Å²) in [7, 11) is -3.48. The molecule has 0 aliphatic carbocycles. The maximum absolute atomic E-state index is 13.1. The third-order valence-electron chi connectivity index (χ3n) is 6.94. The number of carbonyl (C=O) groups excluding carboxylic acids is 1. The second-order valence-corrected chi connectivity index (χ2v) is 11.1. The van der Waals surface area contributed by atoms with E-state index in [1.807, 2.05) is 46.8 Å². The number of aromatic nitrogens is 2. The lowest BCUT2D eigenvalue weighted by molar-refractivity contribution is 0.0746. The molecule has 8 nitrogen and oxygen atoms in total. The second kappa shape index (κ2) is 9.47. The van der Waals surface area contributed by atoms with Crippen molar-refractivity contribution >= 4 is 21.6 Å². The largest absolute Gasteiger partial charge is 0.365 e. The standard InChI is InChI=1S/C26H31N5O3S/c1-20-25(21(2)31(27-20)23-8-4-3-5-9-23)28-16-18-29(19-17-28)26(32)22-10-12-24(13-11-22)35(33,34)30-14-6-7-15-30/h3-5,8-13H,6-7,14-19H2,1-2H3. The Balaban J connectivity index is 1.26. The van der Waals surface area contributed by atoms with Gasteiger partial charge in [-0.1, -0.05) is 18.2 Å². The molecule has 5 rings (SSSR count). The van der Waals surface area contributed by atoms with Gasteiger partial charge in [0, 0.05) is 44.8 Å². The minimum absolute atomic E-state index is 0.0665. The van der Waals surface area contributed by atoms with Crippen LogP contribution in [0.3, 0.4) is 0 Å². The van der Waals surface area contributed by atoms with Crippen LogP contribution in [0.15, 0.2) is 59.5 Å². The van der Waals surface area contributed by atoms with Crippen molar-refractivity contribution in [1.29, 1.82) is 0 Å². The van der Waals surface area contributed by atoms with Gasteiger partial charge < -0.3 is 9.80 Å². The minimum Gasteiger partial charge on any atom is -0.365 e. The number of anilines is 1. The van der Waals surface area contributed by atoms with Gasteiger partial charge in [0.2, 0.25) is 10.0 Å². The van der Waals surface area contributed by atoms with Crippen LogP contribution in [0.2, 0.25) is 0 Å². The molecule has 9 heteroatoms. The molecule has 0 unspecified atom stereocenters. The summed E-state index contributed by atoms with van der Waals surface area (Å²) in [5, 5.41) is 4.76. The van der Waals surface area contributed by atoms with Crippen molar-refractivity contribution in [2.75, 3.05) is 44.2 Å². The summed E-state index contributed by atoms with van der Waals surface area (Å²) < 4.78 is 29.0. The van der Waals surface area contributed by atoms with Gasteiger partial charge in [0.1, 0.15) is 0 Å². The monoisotopic (exact) mass is 493 g/mol. The Morgan fingerprint density at radius 1 is 0.829 bits per heavy atom. The predicted molar refractivity (Wildman–Crippen MR) is 136 cm³/mol. The fourth-order valence-corrected chi connectivity index (χ4v) is 6.59. The van der Waals surface area contributed by atoms with Gasteiger partial charge in [-0.2, -0.15) is 9.40 Å². The van der Waals surface area contributed by atoms with E-state index in [0.29, 0.717) is 31.7 Å². The lowest BCUT2D eigenvalue weighted by Crippen LogP contribution is -2.49. The van der Waals surface area contributed by atoms with Crippen molar-refractivity contribution < 1.29 is 13.2 Å². The average Bonchev–Trinajstić information content (AvgIpc) is 3.53. The second-order valence-electron chi connectivity index (χ2n) is 9.18. The van der Waals surface area contributed by atoms with Crippen molar-refractivity contribution in [2.45, 2.75) is 31.6 Å². The SMILES string of the molecule is Cc1nn(-c2ccccc2)c(C)c1N1CCN(C(=O)c2ccc(S(=O)(=O)N3CCCC3)cc2)CC1. The molecule has 3 aromatic rings. The van der Waals surface area contributed by atoms with Gasteiger partial charge in [-0.15, -0.1) is 0 Å². The number of rotatable bonds is 5. The van der Waals surface area contributed by atoms with Crippen LogP contribution in [0.1, 0.15) is 34.6 Å². The molecule has 0 atom stereocenters. The van der Waals surface area contributed by atoms with Crippen LogP contribution in [-0.4, -0.2) is 72.6 Å². The summed E-state index contributed by atoms with van der Waals surface area (Å²) in [6.07, 6.45) is 1.79. The number of para-hydroxylation sites is 1. The fraction of sp³-hybridized carbons (Fsp3) is 0.385. The van der Waals surface area contributed by atoms with Gasteiger partial charge in [0.05, 0.1) is 27.7 Å². The zero-order valence-electron chi connectivity index (χ0n) is 20.2. The summed E-state index contributed by atoms with van der Waals surface area (Å²) in [5.74, 6) is -0.0665. The first-order valence-corrected chi connectivity index (χ1v) is 13.6. The van der Waals surface area contributed by atoms with E-state index in [2.05, 4.69) is 11.8 Å². The van der Waals surface area contributed by atoms with Crippen LogP contribution in [0.25, 0.3) is 5.69 Å². The number of hydrogen-bond acceptors (Lipinski definition) is 5. The number of piperazine rings is 1. The van der Waals surface area contributed by atoms with E-state index in [9.17, 15) is 13.2 Å². The normalized spacial score (nSPS) is 17.2. The van der Waals surface area contributed by atoms with Crippen LogP contribution in [0, 0.1) is 13.8 Å². The van der Waals surface area contributed by atoms with E-state index in [0.717, 1.165) is 48.7 Å². The number of carbonyl (C=O) groups is 1. The topological polar surface area (TPSA) is 78.8 Å². The molecule has 0 N–H and O–H groups in total. The Kier molecular flexibility index (Phi) is 6.37. The maximum Gasteiger partial charge on any atom is 0.253 e. The van der Waals surface area contributed by atoms with E-state index < -0.39 is 10.0 Å². The summed E-state index contributed by atoms with van der Waals surface area (Å²) in [6, 6.07) is 16.5. The molecule has 0 saturated carbocycles.